The maximum absolute atomic E-state index is 4.25. The second kappa shape index (κ2) is 15.4. The third-order valence-corrected chi connectivity index (χ3v) is 12.2. The van der Waals surface area contributed by atoms with Gasteiger partial charge in [-0.2, -0.15) is 0 Å². The van der Waals surface area contributed by atoms with Crippen LogP contribution in [0.4, 0.5) is 0 Å². The monoisotopic (exact) mass is 790 g/mol. The van der Waals surface area contributed by atoms with Crippen molar-refractivity contribution in [2.75, 3.05) is 0 Å². The molecular weight excluding hydrogens is 749 g/mol. The fraction of sp³-hybridized carbons (Fsp3) is 0. The minimum absolute atomic E-state index is 0.961. The van der Waals surface area contributed by atoms with Crippen LogP contribution >= 0.6 is 0 Å². The topological polar surface area (TPSA) is 9.86 Å². The quantitative estimate of drug-likeness (QED) is 0.129. The highest BCUT2D eigenvalue weighted by Gasteiger charge is 2.17. The SMILES string of the molecule is C=C/C=C\C(=C)c1cccc(-c2ccc(-n3c4ccccc4c4cc(-c5ccc6c(c5)c5ccccc5n6-c5ccc(-c6cccc(-c7ccccc7)c6)cc5)ccc43)cc2)c1. The van der Waals surface area contributed by atoms with Crippen molar-refractivity contribution in [3.8, 4) is 55.9 Å². The molecule has 0 spiro atoms. The van der Waals surface area contributed by atoms with Crippen molar-refractivity contribution in [3.05, 3.63) is 249 Å². The van der Waals surface area contributed by atoms with Gasteiger partial charge in [0.2, 0.25) is 0 Å². The van der Waals surface area contributed by atoms with E-state index in [2.05, 4.69) is 235 Å². The summed E-state index contributed by atoms with van der Waals surface area (Å²) in [6.45, 7) is 8.04. The fourth-order valence-electron chi connectivity index (χ4n) is 9.16. The summed E-state index contributed by atoms with van der Waals surface area (Å²) in [5.41, 5.74) is 18.7. The number of para-hydroxylation sites is 2. The molecule has 0 fully saturated rings. The molecule has 2 nitrogen and oxygen atoms in total. The molecule has 11 rings (SSSR count). The number of allylic oxidation sites excluding steroid dienone is 4. The normalized spacial score (nSPS) is 11.6. The fourth-order valence-corrected chi connectivity index (χ4v) is 9.16. The van der Waals surface area contributed by atoms with Crippen molar-refractivity contribution in [1.82, 2.24) is 9.13 Å². The van der Waals surface area contributed by atoms with Crippen LogP contribution in [-0.4, -0.2) is 9.13 Å². The van der Waals surface area contributed by atoms with Gasteiger partial charge in [-0.3, -0.25) is 0 Å². The molecule has 0 radical (unpaired) electrons. The van der Waals surface area contributed by atoms with Crippen LogP contribution in [0, 0.1) is 0 Å². The Kier molecular flexibility index (Phi) is 9.17. The maximum atomic E-state index is 4.25. The number of hydrogen-bond donors (Lipinski definition) is 0. The smallest absolute Gasteiger partial charge is 0.0541 e. The molecule has 62 heavy (non-hydrogen) atoms. The number of aromatic nitrogens is 2. The summed E-state index contributed by atoms with van der Waals surface area (Å²) in [7, 11) is 0. The summed E-state index contributed by atoms with van der Waals surface area (Å²) in [5, 5.41) is 4.95. The van der Waals surface area contributed by atoms with Gasteiger partial charge in [0.25, 0.3) is 0 Å². The van der Waals surface area contributed by atoms with Crippen molar-refractivity contribution in [1.29, 1.82) is 0 Å². The lowest BCUT2D eigenvalue weighted by Crippen LogP contribution is -1.94. The third kappa shape index (κ3) is 6.46. The lowest BCUT2D eigenvalue weighted by atomic mass is 9.99. The molecule has 2 heteroatoms. The van der Waals surface area contributed by atoms with E-state index in [4.69, 9.17) is 0 Å². The van der Waals surface area contributed by atoms with E-state index in [1.54, 1.807) is 6.08 Å². The Balaban J connectivity index is 0.944. The zero-order valence-corrected chi connectivity index (χ0v) is 34.2. The predicted octanol–water partition coefficient (Wildman–Crippen LogP) is 16.3. The van der Waals surface area contributed by atoms with E-state index >= 15 is 0 Å². The maximum Gasteiger partial charge on any atom is 0.0541 e. The number of benzene rings is 9. The first kappa shape index (κ1) is 36.8. The molecule has 0 aliphatic carbocycles. The first-order valence-electron chi connectivity index (χ1n) is 21.1. The van der Waals surface area contributed by atoms with E-state index in [9.17, 15) is 0 Å². The molecule has 2 aromatic heterocycles. The molecule has 0 amide bonds. The summed E-state index contributed by atoms with van der Waals surface area (Å²) in [6.07, 6.45) is 5.69. The number of hydrogen-bond acceptors (Lipinski definition) is 0. The van der Waals surface area contributed by atoms with Gasteiger partial charge in [0.1, 0.15) is 0 Å². The lowest BCUT2D eigenvalue weighted by molar-refractivity contribution is 1.18. The number of rotatable bonds is 9. The van der Waals surface area contributed by atoms with Crippen LogP contribution in [0.2, 0.25) is 0 Å². The highest BCUT2D eigenvalue weighted by molar-refractivity contribution is 6.12. The average molecular weight is 791 g/mol. The van der Waals surface area contributed by atoms with Crippen LogP contribution in [0.15, 0.2) is 244 Å². The molecule has 0 bridgehead atoms. The molecule has 11 aromatic rings. The Morgan fingerprint density at radius 2 is 0.742 bits per heavy atom. The minimum atomic E-state index is 0.961. The summed E-state index contributed by atoms with van der Waals surface area (Å²) in [6, 6.07) is 77.2. The van der Waals surface area contributed by atoms with Crippen LogP contribution in [0.25, 0.3) is 105 Å². The highest BCUT2D eigenvalue weighted by Crippen LogP contribution is 2.39. The van der Waals surface area contributed by atoms with E-state index in [-0.39, 0.29) is 0 Å². The molecule has 0 unspecified atom stereocenters. The van der Waals surface area contributed by atoms with E-state index < -0.39 is 0 Å². The van der Waals surface area contributed by atoms with E-state index in [1.807, 2.05) is 12.2 Å². The summed E-state index contributed by atoms with van der Waals surface area (Å²) in [5.74, 6) is 0. The van der Waals surface area contributed by atoms with E-state index in [0.717, 1.165) is 33.6 Å². The van der Waals surface area contributed by atoms with E-state index in [0.29, 0.717) is 0 Å². The average Bonchev–Trinajstić information content (AvgIpc) is 3.86. The van der Waals surface area contributed by atoms with Gasteiger partial charge in [0, 0.05) is 32.9 Å². The molecule has 0 saturated carbocycles. The Morgan fingerprint density at radius 3 is 1.27 bits per heavy atom. The highest BCUT2D eigenvalue weighted by atomic mass is 15.0. The van der Waals surface area contributed by atoms with Gasteiger partial charge in [-0.1, -0.05) is 171 Å². The van der Waals surface area contributed by atoms with Gasteiger partial charge in [0.15, 0.2) is 0 Å². The largest absolute Gasteiger partial charge is 0.309 e. The van der Waals surface area contributed by atoms with Crippen molar-refractivity contribution in [3.63, 3.8) is 0 Å². The van der Waals surface area contributed by atoms with Gasteiger partial charge in [-0.05, 0) is 128 Å². The van der Waals surface area contributed by atoms with Gasteiger partial charge >= 0.3 is 0 Å². The Hall–Kier alpha value is -8.20. The Bertz CT molecular complexity index is 3520. The van der Waals surface area contributed by atoms with Gasteiger partial charge in [-0.25, -0.2) is 0 Å². The summed E-state index contributed by atoms with van der Waals surface area (Å²) in [4.78, 5) is 0. The van der Waals surface area contributed by atoms with Gasteiger partial charge in [0.05, 0.1) is 22.1 Å². The minimum Gasteiger partial charge on any atom is -0.309 e. The van der Waals surface area contributed by atoms with Gasteiger partial charge in [-0.15, -0.1) is 0 Å². The molecule has 0 aliphatic rings. The second-order valence-corrected chi connectivity index (χ2v) is 15.9. The van der Waals surface area contributed by atoms with Crippen LogP contribution in [-0.2, 0) is 0 Å². The molecule has 292 valence electrons. The van der Waals surface area contributed by atoms with Crippen LogP contribution in [0.1, 0.15) is 5.56 Å². The first-order valence-corrected chi connectivity index (χ1v) is 21.1. The molecule has 0 N–H and O–H groups in total. The molecular formula is C60H42N2. The number of fused-ring (bicyclic) bond motifs is 6. The van der Waals surface area contributed by atoms with Crippen LogP contribution in [0.5, 0.6) is 0 Å². The Morgan fingerprint density at radius 1 is 0.339 bits per heavy atom. The van der Waals surface area contributed by atoms with Crippen molar-refractivity contribution >= 4 is 49.2 Å². The lowest BCUT2D eigenvalue weighted by Gasteiger charge is -2.11. The standard InChI is InChI=1S/C60H42N2/c1-3-4-14-41(2)45-17-12-18-46(37-45)43-25-31-51(32-26-43)61-57-23-10-8-21-53(57)55-39-49(29-35-59(55)61)50-30-36-60-56(40-50)54-22-9-11-24-58(54)62(60)52-33-27-44(28-34-52)48-20-13-19-47(38-48)42-15-6-5-7-16-42/h3-40H,1-2H2/b14-4-. The van der Waals surface area contributed by atoms with Crippen LogP contribution < -0.4 is 0 Å². The second-order valence-electron chi connectivity index (χ2n) is 15.9. The zero-order valence-electron chi connectivity index (χ0n) is 34.2. The molecule has 0 atom stereocenters. The summed E-state index contributed by atoms with van der Waals surface area (Å²) < 4.78 is 4.79. The van der Waals surface area contributed by atoms with E-state index in [1.165, 1.54) is 77.0 Å². The molecule has 0 saturated heterocycles. The van der Waals surface area contributed by atoms with Gasteiger partial charge < -0.3 is 9.13 Å². The number of nitrogens with zero attached hydrogens (tertiary/aromatic N) is 2. The van der Waals surface area contributed by atoms with Crippen molar-refractivity contribution in [2.45, 2.75) is 0 Å². The van der Waals surface area contributed by atoms with Crippen molar-refractivity contribution < 1.29 is 0 Å². The molecule has 9 aromatic carbocycles. The Labute approximate surface area is 361 Å². The van der Waals surface area contributed by atoms with Crippen LogP contribution in [0.3, 0.4) is 0 Å². The molecule has 2 heterocycles. The summed E-state index contributed by atoms with van der Waals surface area (Å²) >= 11 is 0. The third-order valence-electron chi connectivity index (χ3n) is 12.2. The molecule has 0 aliphatic heterocycles. The predicted molar refractivity (Wildman–Crippen MR) is 265 cm³/mol. The van der Waals surface area contributed by atoms with Crippen molar-refractivity contribution in [2.24, 2.45) is 0 Å². The first-order chi connectivity index (χ1) is 30.6. The zero-order chi connectivity index (χ0) is 41.6.